The van der Waals surface area contributed by atoms with Crippen LogP contribution in [0.5, 0.6) is 0 Å². The van der Waals surface area contributed by atoms with E-state index < -0.39 is 0 Å². The lowest BCUT2D eigenvalue weighted by Crippen LogP contribution is -2.42. The maximum absolute atomic E-state index is 5.43. The molecule has 1 aromatic heterocycles. The van der Waals surface area contributed by atoms with Crippen LogP contribution in [0.3, 0.4) is 0 Å². The molecule has 1 rings (SSSR count). The van der Waals surface area contributed by atoms with Crippen molar-refractivity contribution in [3.63, 3.8) is 0 Å². The van der Waals surface area contributed by atoms with Crippen LogP contribution in [0.2, 0.25) is 0 Å². The highest BCUT2D eigenvalue weighted by Gasteiger charge is 2.07. The minimum absolute atomic E-state index is 0.174. The van der Waals surface area contributed by atoms with E-state index in [4.69, 9.17) is 21.4 Å². The van der Waals surface area contributed by atoms with Crippen LogP contribution in [0, 0.1) is 13.8 Å². The summed E-state index contributed by atoms with van der Waals surface area (Å²) < 4.78 is 10.4. The lowest BCUT2D eigenvalue weighted by molar-refractivity contribution is 0.179. The number of methoxy groups -OCH3 is 1. The highest BCUT2D eigenvalue weighted by Crippen LogP contribution is 2.07. The molecule has 0 bridgehead atoms. The Balaban J connectivity index is 2.33. The number of nitrogens with one attached hydrogen (secondary N) is 2. The Morgan fingerprint density at radius 1 is 1.53 bits per heavy atom. The molecule has 2 N–H and O–H groups in total. The minimum Gasteiger partial charge on any atom is -0.444 e. The Bertz CT molecular complexity index is 359. The summed E-state index contributed by atoms with van der Waals surface area (Å²) in [4.78, 5) is 4.26. The highest BCUT2D eigenvalue weighted by atomic mass is 32.1. The normalized spacial score (nSPS) is 12.2. The van der Waals surface area contributed by atoms with Gasteiger partial charge in [-0.3, -0.25) is 0 Å². The van der Waals surface area contributed by atoms with Crippen LogP contribution in [0.4, 0.5) is 0 Å². The molecule has 17 heavy (non-hydrogen) atoms. The summed E-state index contributed by atoms with van der Waals surface area (Å²) in [5.74, 6) is 1.48. The monoisotopic (exact) mass is 257 g/mol. The van der Waals surface area contributed by atoms with Crippen LogP contribution < -0.4 is 10.6 Å². The number of nitrogens with zero attached hydrogens (tertiary/aromatic N) is 1. The second kappa shape index (κ2) is 6.56. The Morgan fingerprint density at radius 2 is 2.24 bits per heavy atom. The van der Waals surface area contributed by atoms with Gasteiger partial charge in [-0.1, -0.05) is 0 Å². The van der Waals surface area contributed by atoms with E-state index in [9.17, 15) is 0 Å². The average molecular weight is 257 g/mol. The first kappa shape index (κ1) is 13.9. The van der Waals surface area contributed by atoms with Crippen LogP contribution in [0.15, 0.2) is 4.42 Å². The summed E-state index contributed by atoms with van der Waals surface area (Å²) in [6, 6.07) is 0.174. The van der Waals surface area contributed by atoms with Crippen molar-refractivity contribution in [2.75, 3.05) is 13.7 Å². The quantitative estimate of drug-likeness (QED) is 0.775. The van der Waals surface area contributed by atoms with Gasteiger partial charge in [0, 0.05) is 13.2 Å². The van der Waals surface area contributed by atoms with Gasteiger partial charge < -0.3 is 19.8 Å². The average Bonchev–Trinajstić information content (AvgIpc) is 2.56. The molecule has 0 aromatic carbocycles. The van der Waals surface area contributed by atoms with Gasteiger partial charge in [-0.15, -0.1) is 0 Å². The zero-order valence-corrected chi connectivity index (χ0v) is 11.5. The first-order chi connectivity index (χ1) is 8.02. The molecule has 1 unspecified atom stereocenters. The molecule has 0 fully saturated rings. The second-order valence-corrected chi connectivity index (χ2v) is 4.34. The fourth-order valence-electron chi connectivity index (χ4n) is 1.34. The maximum atomic E-state index is 5.43. The van der Waals surface area contributed by atoms with Gasteiger partial charge in [0.05, 0.1) is 18.8 Å². The number of hydrogen-bond acceptors (Lipinski definition) is 4. The van der Waals surface area contributed by atoms with E-state index in [-0.39, 0.29) is 6.04 Å². The molecule has 1 aromatic rings. The van der Waals surface area contributed by atoms with Crippen molar-refractivity contribution in [1.82, 2.24) is 15.6 Å². The van der Waals surface area contributed by atoms with Crippen LogP contribution in [-0.4, -0.2) is 29.9 Å². The van der Waals surface area contributed by atoms with Crippen molar-refractivity contribution in [2.24, 2.45) is 0 Å². The molecule has 1 atom stereocenters. The van der Waals surface area contributed by atoms with Crippen molar-refractivity contribution >= 4 is 17.3 Å². The summed E-state index contributed by atoms with van der Waals surface area (Å²) >= 11 is 5.14. The molecule has 1 heterocycles. The van der Waals surface area contributed by atoms with E-state index in [0.717, 1.165) is 11.5 Å². The number of hydrogen-bond donors (Lipinski definition) is 2. The third kappa shape index (κ3) is 4.70. The fraction of sp³-hybridized carbons (Fsp3) is 0.636. The topological polar surface area (TPSA) is 59.3 Å². The molecular formula is C11H19N3O2S. The van der Waals surface area contributed by atoms with Gasteiger partial charge in [0.1, 0.15) is 5.76 Å². The number of thiocarbonyl (C=S) groups is 1. The van der Waals surface area contributed by atoms with Gasteiger partial charge in [0.2, 0.25) is 5.89 Å². The van der Waals surface area contributed by atoms with Gasteiger partial charge in [-0.25, -0.2) is 4.98 Å². The van der Waals surface area contributed by atoms with E-state index in [1.807, 2.05) is 20.8 Å². The number of rotatable bonds is 5. The van der Waals surface area contributed by atoms with Crippen molar-refractivity contribution in [1.29, 1.82) is 0 Å². The SMILES string of the molecule is COCC(C)NC(=S)NCc1nc(C)c(C)o1. The predicted molar refractivity (Wildman–Crippen MR) is 69.9 cm³/mol. The molecule has 0 saturated carbocycles. The van der Waals surface area contributed by atoms with Gasteiger partial charge >= 0.3 is 0 Å². The molecule has 0 amide bonds. The Labute approximate surface area is 107 Å². The summed E-state index contributed by atoms with van der Waals surface area (Å²) in [6.07, 6.45) is 0. The summed E-state index contributed by atoms with van der Waals surface area (Å²) in [5, 5.41) is 6.71. The highest BCUT2D eigenvalue weighted by molar-refractivity contribution is 7.80. The van der Waals surface area contributed by atoms with Crippen molar-refractivity contribution in [3.8, 4) is 0 Å². The maximum Gasteiger partial charge on any atom is 0.214 e. The molecule has 0 aliphatic rings. The first-order valence-electron chi connectivity index (χ1n) is 5.49. The number of aryl methyl sites for hydroxylation is 2. The lowest BCUT2D eigenvalue weighted by atomic mass is 10.4. The standard InChI is InChI=1S/C11H19N3O2S/c1-7(6-15-4)13-11(17)12-5-10-14-8(2)9(3)16-10/h7H,5-6H2,1-4H3,(H2,12,13,17). The van der Waals surface area contributed by atoms with Gasteiger partial charge in [-0.05, 0) is 33.0 Å². The molecule has 5 nitrogen and oxygen atoms in total. The van der Waals surface area contributed by atoms with E-state index in [0.29, 0.717) is 24.2 Å². The fourth-order valence-corrected chi connectivity index (χ4v) is 1.61. The van der Waals surface area contributed by atoms with E-state index >= 15 is 0 Å². The Kier molecular flexibility index (Phi) is 5.37. The molecule has 0 saturated heterocycles. The summed E-state index contributed by atoms with van der Waals surface area (Å²) in [5.41, 5.74) is 0.911. The largest absolute Gasteiger partial charge is 0.444 e. The molecule has 96 valence electrons. The van der Waals surface area contributed by atoms with Crippen LogP contribution >= 0.6 is 12.2 Å². The smallest absolute Gasteiger partial charge is 0.214 e. The summed E-state index contributed by atoms with van der Waals surface area (Å²) in [7, 11) is 1.66. The molecule has 0 spiro atoms. The zero-order valence-electron chi connectivity index (χ0n) is 10.7. The lowest BCUT2D eigenvalue weighted by Gasteiger charge is -2.15. The third-order valence-corrected chi connectivity index (χ3v) is 2.53. The molecule has 0 aliphatic carbocycles. The minimum atomic E-state index is 0.174. The summed E-state index contributed by atoms with van der Waals surface area (Å²) in [6.45, 7) is 6.90. The van der Waals surface area contributed by atoms with Crippen molar-refractivity contribution in [2.45, 2.75) is 33.4 Å². The third-order valence-electron chi connectivity index (χ3n) is 2.27. The van der Waals surface area contributed by atoms with E-state index in [1.54, 1.807) is 7.11 Å². The van der Waals surface area contributed by atoms with Crippen LogP contribution in [0.25, 0.3) is 0 Å². The number of ether oxygens (including phenoxy) is 1. The van der Waals surface area contributed by atoms with Crippen LogP contribution in [0.1, 0.15) is 24.3 Å². The molecular weight excluding hydrogens is 238 g/mol. The number of aromatic nitrogens is 1. The van der Waals surface area contributed by atoms with Gasteiger partial charge in [-0.2, -0.15) is 0 Å². The second-order valence-electron chi connectivity index (χ2n) is 3.93. The predicted octanol–water partition coefficient (Wildman–Crippen LogP) is 1.29. The van der Waals surface area contributed by atoms with Gasteiger partial charge in [0.15, 0.2) is 5.11 Å². The van der Waals surface area contributed by atoms with Crippen LogP contribution in [-0.2, 0) is 11.3 Å². The van der Waals surface area contributed by atoms with E-state index in [1.165, 1.54) is 0 Å². The van der Waals surface area contributed by atoms with Crippen molar-refractivity contribution in [3.05, 3.63) is 17.3 Å². The molecule has 0 radical (unpaired) electrons. The zero-order chi connectivity index (χ0) is 12.8. The Hall–Kier alpha value is -1.14. The molecule has 6 heteroatoms. The van der Waals surface area contributed by atoms with Gasteiger partial charge in [0.25, 0.3) is 0 Å². The first-order valence-corrected chi connectivity index (χ1v) is 5.90. The van der Waals surface area contributed by atoms with E-state index in [2.05, 4.69) is 15.6 Å². The Morgan fingerprint density at radius 3 is 2.76 bits per heavy atom. The number of oxazole rings is 1. The molecule has 0 aliphatic heterocycles. The van der Waals surface area contributed by atoms with Crippen molar-refractivity contribution < 1.29 is 9.15 Å².